The Labute approximate surface area is 208 Å². The minimum absolute atomic E-state index is 0.0382. The van der Waals surface area contributed by atoms with Crippen LogP contribution >= 0.6 is 11.8 Å². The number of hydrogen-bond acceptors (Lipinski definition) is 7. The Balaban J connectivity index is 1.12. The second-order valence-corrected chi connectivity index (χ2v) is 11.0. The van der Waals surface area contributed by atoms with Crippen molar-refractivity contribution in [3.8, 4) is 0 Å². The number of hydrogen-bond donors (Lipinski definition) is 0. The maximum atomic E-state index is 13.0. The van der Waals surface area contributed by atoms with Gasteiger partial charge in [0.25, 0.3) is 0 Å². The molecule has 1 aromatic carbocycles. The summed E-state index contributed by atoms with van der Waals surface area (Å²) in [7, 11) is 2.02. The monoisotopic (exact) mass is 510 g/mol. The van der Waals surface area contributed by atoms with Crippen molar-refractivity contribution in [3.05, 3.63) is 29.8 Å². The van der Waals surface area contributed by atoms with Crippen molar-refractivity contribution in [3.63, 3.8) is 0 Å². The van der Waals surface area contributed by atoms with E-state index in [-0.39, 0.29) is 5.54 Å². The van der Waals surface area contributed by atoms with Crippen LogP contribution in [0, 0.1) is 5.92 Å². The number of rotatable bonds is 7. The van der Waals surface area contributed by atoms with Crippen molar-refractivity contribution in [2.75, 3.05) is 68.0 Å². The molecule has 4 heterocycles. The molecule has 7 nitrogen and oxygen atoms in total. The molecule has 11 heteroatoms. The first kappa shape index (κ1) is 24.7. The number of ether oxygens (including phenoxy) is 1. The molecule has 3 saturated heterocycles. The molecule has 0 aliphatic carbocycles. The number of benzene rings is 1. The first-order valence-electron chi connectivity index (χ1n) is 12.3. The number of thioether (sulfide) groups is 1. The van der Waals surface area contributed by atoms with Gasteiger partial charge in [-0.1, -0.05) is 11.8 Å². The van der Waals surface area contributed by atoms with E-state index >= 15 is 0 Å². The number of likely N-dealkylation sites (tertiary alicyclic amines) is 1. The fourth-order valence-corrected chi connectivity index (χ4v) is 6.58. The summed E-state index contributed by atoms with van der Waals surface area (Å²) in [5, 5.41) is 9.70. The van der Waals surface area contributed by atoms with Crippen molar-refractivity contribution in [1.29, 1.82) is 0 Å². The molecule has 3 fully saturated rings. The lowest BCUT2D eigenvalue weighted by Crippen LogP contribution is -2.47. The van der Waals surface area contributed by atoms with Crippen LogP contribution in [0.2, 0.25) is 0 Å². The standard InChI is InChI=1S/C24H33F3N6OS/c1-23-17-31(9-3-15-35-22-29-28-21(30(22)2)32-11-13-34-14-12-32)16-19(23)8-10-33(23)20-6-4-18(5-7-20)24(25,26)27/h4-7,19H,3,8-17H2,1-2H3/t19-,23+/m0/s1. The van der Waals surface area contributed by atoms with Crippen molar-refractivity contribution in [1.82, 2.24) is 19.7 Å². The second kappa shape index (κ2) is 9.82. The van der Waals surface area contributed by atoms with Crippen molar-refractivity contribution >= 4 is 23.4 Å². The summed E-state index contributed by atoms with van der Waals surface area (Å²) in [5.74, 6) is 2.40. The first-order valence-corrected chi connectivity index (χ1v) is 13.3. The lowest BCUT2D eigenvalue weighted by molar-refractivity contribution is -0.137. The Morgan fingerprint density at radius 2 is 1.86 bits per heavy atom. The molecule has 5 rings (SSSR count). The van der Waals surface area contributed by atoms with Gasteiger partial charge < -0.3 is 19.4 Å². The maximum absolute atomic E-state index is 13.0. The minimum Gasteiger partial charge on any atom is -0.378 e. The summed E-state index contributed by atoms with van der Waals surface area (Å²) in [6, 6.07) is 5.66. The van der Waals surface area contributed by atoms with E-state index in [2.05, 4.69) is 36.4 Å². The molecule has 2 aromatic rings. The molecule has 0 spiro atoms. The molecule has 3 aliphatic rings. The number of morpholine rings is 1. The van der Waals surface area contributed by atoms with Crippen molar-refractivity contribution in [2.24, 2.45) is 13.0 Å². The highest BCUT2D eigenvalue weighted by atomic mass is 32.2. The molecule has 0 radical (unpaired) electrons. The second-order valence-electron chi connectivity index (χ2n) is 9.92. The maximum Gasteiger partial charge on any atom is 0.416 e. The molecule has 0 amide bonds. The van der Waals surface area contributed by atoms with Gasteiger partial charge in [-0.25, -0.2) is 0 Å². The van der Waals surface area contributed by atoms with Gasteiger partial charge in [0.05, 0.1) is 24.3 Å². The summed E-state index contributed by atoms with van der Waals surface area (Å²) >= 11 is 1.74. The normalized spacial score (nSPS) is 25.5. The highest BCUT2D eigenvalue weighted by Crippen LogP contribution is 2.44. The Morgan fingerprint density at radius 1 is 1.11 bits per heavy atom. The lowest BCUT2D eigenvalue weighted by atomic mass is 9.90. The van der Waals surface area contributed by atoms with E-state index in [9.17, 15) is 13.2 Å². The van der Waals surface area contributed by atoms with Crippen LogP contribution < -0.4 is 9.80 Å². The van der Waals surface area contributed by atoms with E-state index in [0.717, 1.165) is 87.9 Å². The van der Waals surface area contributed by atoms with Gasteiger partial charge in [-0.3, -0.25) is 4.57 Å². The summed E-state index contributed by atoms with van der Waals surface area (Å²) < 4.78 is 46.4. The van der Waals surface area contributed by atoms with Crippen molar-refractivity contribution < 1.29 is 17.9 Å². The minimum atomic E-state index is -4.30. The number of anilines is 2. The summed E-state index contributed by atoms with van der Waals surface area (Å²) in [6.07, 6.45) is -2.17. The van der Waals surface area contributed by atoms with Crippen LogP contribution in [0.5, 0.6) is 0 Å². The highest BCUT2D eigenvalue weighted by molar-refractivity contribution is 7.99. The Hall–Kier alpha value is -1.98. The SMILES string of the molecule is Cn1c(SCCCN2C[C@@H]3CCN(c4ccc(C(F)(F)F)cc4)[C@]3(C)C2)nnc1N1CCOCC1. The van der Waals surface area contributed by atoms with Gasteiger partial charge >= 0.3 is 6.18 Å². The van der Waals surface area contributed by atoms with Gasteiger partial charge in [0.2, 0.25) is 5.95 Å². The quantitative estimate of drug-likeness (QED) is 0.415. The van der Waals surface area contributed by atoms with Crippen LogP contribution in [0.25, 0.3) is 0 Å². The van der Waals surface area contributed by atoms with Crippen LogP contribution in [0.15, 0.2) is 29.4 Å². The Kier molecular flexibility index (Phi) is 6.93. The number of nitrogens with zero attached hydrogens (tertiary/aromatic N) is 6. The van der Waals surface area contributed by atoms with Crippen LogP contribution in [0.4, 0.5) is 24.8 Å². The van der Waals surface area contributed by atoms with Crippen LogP contribution in [-0.4, -0.2) is 83.4 Å². The molecule has 0 bridgehead atoms. The number of halogens is 3. The van der Waals surface area contributed by atoms with E-state index in [1.807, 2.05) is 7.05 Å². The topological polar surface area (TPSA) is 49.7 Å². The van der Waals surface area contributed by atoms with E-state index in [4.69, 9.17) is 4.74 Å². The van der Waals surface area contributed by atoms with E-state index in [1.165, 1.54) is 12.1 Å². The molecular formula is C24H33F3N6OS. The van der Waals surface area contributed by atoms with E-state index < -0.39 is 11.7 Å². The predicted octanol–water partition coefficient (Wildman–Crippen LogP) is 3.75. The zero-order valence-electron chi connectivity index (χ0n) is 20.3. The molecule has 0 N–H and O–H groups in total. The molecule has 0 saturated carbocycles. The molecule has 1 aromatic heterocycles. The first-order chi connectivity index (χ1) is 16.8. The fourth-order valence-electron chi connectivity index (χ4n) is 5.75. The van der Waals surface area contributed by atoms with Crippen molar-refractivity contribution in [2.45, 2.75) is 36.6 Å². The molecule has 0 unspecified atom stereocenters. The molecule has 3 aliphatic heterocycles. The zero-order chi connectivity index (χ0) is 24.6. The van der Waals surface area contributed by atoms with Gasteiger partial charge in [-0.15, -0.1) is 10.2 Å². The average Bonchev–Trinajstić information content (AvgIpc) is 3.46. The summed E-state index contributed by atoms with van der Waals surface area (Å²) in [4.78, 5) is 7.04. The van der Waals surface area contributed by atoms with Crippen LogP contribution in [-0.2, 0) is 18.0 Å². The van der Waals surface area contributed by atoms with E-state index in [0.29, 0.717) is 5.92 Å². The Bertz CT molecular complexity index is 1010. The van der Waals surface area contributed by atoms with E-state index in [1.54, 1.807) is 23.9 Å². The van der Waals surface area contributed by atoms with Gasteiger partial charge in [-0.2, -0.15) is 13.2 Å². The van der Waals surface area contributed by atoms with Crippen LogP contribution in [0.3, 0.4) is 0 Å². The lowest BCUT2D eigenvalue weighted by Gasteiger charge is -2.37. The third kappa shape index (κ3) is 4.99. The third-order valence-electron chi connectivity index (χ3n) is 7.68. The van der Waals surface area contributed by atoms with Crippen LogP contribution in [0.1, 0.15) is 25.3 Å². The number of fused-ring (bicyclic) bond motifs is 1. The summed E-state index contributed by atoms with van der Waals surface area (Å²) in [5.41, 5.74) is 0.259. The number of aromatic nitrogens is 3. The fraction of sp³-hybridized carbons (Fsp3) is 0.667. The van der Waals surface area contributed by atoms with Gasteiger partial charge in [0, 0.05) is 51.2 Å². The molecule has 2 atom stereocenters. The Morgan fingerprint density at radius 3 is 2.57 bits per heavy atom. The van der Waals surface area contributed by atoms with Gasteiger partial charge in [0.1, 0.15) is 0 Å². The number of alkyl halides is 3. The average molecular weight is 511 g/mol. The smallest absolute Gasteiger partial charge is 0.378 e. The largest absolute Gasteiger partial charge is 0.416 e. The molecule has 35 heavy (non-hydrogen) atoms. The molecular weight excluding hydrogens is 477 g/mol. The van der Waals surface area contributed by atoms with Gasteiger partial charge in [-0.05, 0) is 56.5 Å². The van der Waals surface area contributed by atoms with Gasteiger partial charge in [0.15, 0.2) is 5.16 Å². The third-order valence-corrected chi connectivity index (χ3v) is 8.79. The molecule has 192 valence electrons. The zero-order valence-corrected chi connectivity index (χ0v) is 21.1. The summed E-state index contributed by atoms with van der Waals surface area (Å²) in [6.45, 7) is 9.29. The predicted molar refractivity (Wildman–Crippen MR) is 131 cm³/mol. The highest BCUT2D eigenvalue weighted by Gasteiger charge is 2.50.